The summed E-state index contributed by atoms with van der Waals surface area (Å²) < 4.78 is 12.7. The first-order valence-electron chi connectivity index (χ1n) is 11.9. The Morgan fingerprint density at radius 2 is 1.62 bits per heavy atom. The van der Waals surface area contributed by atoms with Crippen LogP contribution < -0.4 is 20.1 Å². The van der Waals surface area contributed by atoms with Crippen LogP contribution in [0.25, 0.3) is 27.6 Å². The van der Waals surface area contributed by atoms with Crippen molar-refractivity contribution in [2.45, 2.75) is 13.8 Å². The monoisotopic (exact) mass is 501 g/mol. The van der Waals surface area contributed by atoms with Gasteiger partial charge in [0.1, 0.15) is 13.2 Å². The van der Waals surface area contributed by atoms with Gasteiger partial charge in [-0.2, -0.15) is 0 Å². The summed E-state index contributed by atoms with van der Waals surface area (Å²) >= 11 is 0. The molecule has 1 aromatic heterocycles. The normalized spacial score (nSPS) is 12.4. The minimum absolute atomic E-state index is 0.132. The van der Waals surface area contributed by atoms with Crippen LogP contribution in [0.2, 0.25) is 0 Å². The summed E-state index contributed by atoms with van der Waals surface area (Å²) in [6.45, 7) is 4.90. The highest BCUT2D eigenvalue weighted by molar-refractivity contribution is 6.02. The van der Waals surface area contributed by atoms with Crippen molar-refractivity contribution in [2.75, 3.05) is 26.3 Å². The maximum atomic E-state index is 12.6. The Balaban J connectivity index is 1.49. The highest BCUT2D eigenvalue weighted by Crippen LogP contribution is 2.42. The molecule has 5 rings (SSSR count). The number of carbonyl (C=O) groups excluding carboxylic acids is 2. The number of carbonyl (C=O) groups is 2. The Labute approximate surface area is 213 Å². The van der Waals surface area contributed by atoms with E-state index in [2.05, 4.69) is 10.6 Å². The van der Waals surface area contributed by atoms with Crippen molar-refractivity contribution in [2.24, 2.45) is 0 Å². The van der Waals surface area contributed by atoms with Gasteiger partial charge in [-0.3, -0.25) is 14.2 Å². The van der Waals surface area contributed by atoms with Gasteiger partial charge < -0.3 is 30.3 Å². The van der Waals surface area contributed by atoms with Gasteiger partial charge in [-0.1, -0.05) is 18.2 Å². The average molecular weight is 502 g/mol. The summed E-state index contributed by atoms with van der Waals surface area (Å²) in [6.07, 6.45) is 0. The van der Waals surface area contributed by atoms with Crippen molar-refractivity contribution >= 4 is 22.6 Å². The molecule has 190 valence electrons. The third kappa shape index (κ3) is 4.51. The number of aromatic hydroxyl groups is 2. The molecular formula is C28H27N3O6. The van der Waals surface area contributed by atoms with Crippen molar-refractivity contribution in [1.82, 2.24) is 15.2 Å². The lowest BCUT2D eigenvalue weighted by atomic mass is 9.98. The predicted molar refractivity (Wildman–Crippen MR) is 139 cm³/mol. The molecule has 0 unspecified atom stereocenters. The standard InChI is InChI=1S/C28H27N3O6/c1-16-20(18-7-9-24-25(15-18)37-13-12-36-24)4-3-5-23(16)31-27(34)21-8-6-19(14-22(21)28(31)35)26(33)30-11-10-29-17(2)32/h3-9,14-15,34-35H,10-13H2,1-2H3,(H,29,32)(H,30,33). The van der Waals surface area contributed by atoms with Crippen LogP contribution in [0.15, 0.2) is 54.6 Å². The fraction of sp³-hybridized carbons (Fsp3) is 0.214. The Morgan fingerprint density at radius 3 is 2.41 bits per heavy atom. The van der Waals surface area contributed by atoms with Gasteiger partial charge in [0.05, 0.1) is 5.69 Å². The van der Waals surface area contributed by atoms with Crippen molar-refractivity contribution < 1.29 is 29.3 Å². The van der Waals surface area contributed by atoms with Gasteiger partial charge in [0.25, 0.3) is 5.91 Å². The number of amides is 2. The molecule has 0 spiro atoms. The quantitative estimate of drug-likeness (QED) is 0.299. The van der Waals surface area contributed by atoms with Crippen LogP contribution >= 0.6 is 0 Å². The minimum Gasteiger partial charge on any atom is -0.494 e. The van der Waals surface area contributed by atoms with Gasteiger partial charge in [-0.15, -0.1) is 0 Å². The number of hydrogen-bond donors (Lipinski definition) is 4. The van der Waals surface area contributed by atoms with E-state index >= 15 is 0 Å². The van der Waals surface area contributed by atoms with Crippen molar-refractivity contribution in [1.29, 1.82) is 0 Å². The zero-order valence-corrected chi connectivity index (χ0v) is 20.5. The van der Waals surface area contributed by atoms with Crippen LogP contribution in [0.3, 0.4) is 0 Å². The van der Waals surface area contributed by atoms with Crippen LogP contribution in [-0.4, -0.2) is 52.9 Å². The second kappa shape index (κ2) is 9.77. The van der Waals surface area contributed by atoms with E-state index in [0.29, 0.717) is 53.3 Å². The summed E-state index contributed by atoms with van der Waals surface area (Å²) in [6, 6.07) is 16.1. The SMILES string of the molecule is CC(=O)NCCNC(=O)c1ccc2c(O)n(-c3cccc(-c4ccc5c(c4)OCCO5)c3C)c(O)c2c1. The lowest BCUT2D eigenvalue weighted by Gasteiger charge is -2.20. The summed E-state index contributed by atoms with van der Waals surface area (Å²) in [7, 11) is 0. The highest BCUT2D eigenvalue weighted by atomic mass is 16.6. The van der Waals surface area contributed by atoms with Gasteiger partial charge in [-0.25, -0.2) is 0 Å². The maximum Gasteiger partial charge on any atom is 0.251 e. The zero-order chi connectivity index (χ0) is 26.1. The Kier molecular flexibility index (Phi) is 6.35. The summed E-state index contributed by atoms with van der Waals surface area (Å²) in [4.78, 5) is 23.6. The lowest BCUT2D eigenvalue weighted by Crippen LogP contribution is -2.33. The first kappa shape index (κ1) is 24.1. The molecule has 0 saturated heterocycles. The maximum absolute atomic E-state index is 12.6. The summed E-state index contributed by atoms with van der Waals surface area (Å²) in [5.41, 5.74) is 3.58. The van der Waals surface area contributed by atoms with E-state index in [-0.39, 0.29) is 30.1 Å². The topological polar surface area (TPSA) is 122 Å². The number of aromatic nitrogens is 1. The van der Waals surface area contributed by atoms with Crippen LogP contribution in [0.4, 0.5) is 0 Å². The second-order valence-corrected chi connectivity index (χ2v) is 8.79. The molecule has 0 fully saturated rings. The zero-order valence-electron chi connectivity index (χ0n) is 20.5. The van der Waals surface area contributed by atoms with Crippen LogP contribution in [0, 0.1) is 6.92 Å². The van der Waals surface area contributed by atoms with E-state index in [1.54, 1.807) is 12.1 Å². The number of benzene rings is 3. The Morgan fingerprint density at radius 1 is 0.892 bits per heavy atom. The smallest absolute Gasteiger partial charge is 0.251 e. The molecule has 2 heterocycles. The molecule has 1 aliphatic rings. The summed E-state index contributed by atoms with van der Waals surface area (Å²) in [5, 5.41) is 28.3. The van der Waals surface area contributed by atoms with Gasteiger partial charge in [0.15, 0.2) is 11.5 Å². The van der Waals surface area contributed by atoms with Gasteiger partial charge in [-0.05, 0) is 60.0 Å². The Hall–Kier alpha value is -4.66. The van der Waals surface area contributed by atoms with E-state index in [1.165, 1.54) is 17.6 Å². The van der Waals surface area contributed by atoms with E-state index in [1.807, 2.05) is 43.3 Å². The number of ether oxygens (including phenoxy) is 2. The lowest BCUT2D eigenvalue weighted by molar-refractivity contribution is -0.118. The molecule has 9 nitrogen and oxygen atoms in total. The van der Waals surface area contributed by atoms with Crippen LogP contribution in [0.5, 0.6) is 23.3 Å². The molecule has 0 atom stereocenters. The first-order valence-corrected chi connectivity index (χ1v) is 11.9. The van der Waals surface area contributed by atoms with Crippen LogP contribution in [0.1, 0.15) is 22.8 Å². The van der Waals surface area contributed by atoms with Crippen molar-refractivity contribution in [3.05, 3.63) is 65.7 Å². The molecule has 4 N–H and O–H groups in total. The van der Waals surface area contributed by atoms with Crippen molar-refractivity contribution in [3.8, 4) is 40.1 Å². The molecule has 0 aliphatic carbocycles. The highest BCUT2D eigenvalue weighted by Gasteiger charge is 2.21. The molecule has 37 heavy (non-hydrogen) atoms. The van der Waals surface area contributed by atoms with Crippen LogP contribution in [-0.2, 0) is 4.79 Å². The molecule has 0 saturated carbocycles. The molecule has 1 aliphatic heterocycles. The van der Waals surface area contributed by atoms with E-state index in [4.69, 9.17) is 9.47 Å². The van der Waals surface area contributed by atoms with Gasteiger partial charge >= 0.3 is 0 Å². The second-order valence-electron chi connectivity index (χ2n) is 8.79. The van der Waals surface area contributed by atoms with Crippen molar-refractivity contribution in [3.63, 3.8) is 0 Å². The number of rotatable bonds is 6. The van der Waals surface area contributed by atoms with E-state index in [9.17, 15) is 19.8 Å². The molecule has 4 aromatic rings. The largest absolute Gasteiger partial charge is 0.494 e. The third-order valence-electron chi connectivity index (χ3n) is 6.37. The van der Waals surface area contributed by atoms with Gasteiger partial charge in [0, 0.05) is 36.3 Å². The molecular weight excluding hydrogens is 474 g/mol. The van der Waals surface area contributed by atoms with E-state index in [0.717, 1.165) is 16.7 Å². The number of hydrogen-bond acceptors (Lipinski definition) is 6. The first-order chi connectivity index (χ1) is 17.8. The molecule has 3 aromatic carbocycles. The van der Waals surface area contributed by atoms with E-state index < -0.39 is 0 Å². The third-order valence-corrected chi connectivity index (χ3v) is 6.37. The predicted octanol–water partition coefficient (Wildman–Crippen LogP) is 3.65. The fourth-order valence-electron chi connectivity index (χ4n) is 4.54. The Bertz CT molecular complexity index is 1520. The molecule has 2 amide bonds. The number of nitrogens with one attached hydrogen (secondary N) is 2. The number of nitrogens with zero attached hydrogens (tertiary/aromatic N) is 1. The molecule has 0 radical (unpaired) electrons. The summed E-state index contributed by atoms with van der Waals surface area (Å²) in [5.74, 6) is 0.538. The molecule has 9 heteroatoms. The molecule has 0 bridgehead atoms. The minimum atomic E-state index is -0.351. The fourth-order valence-corrected chi connectivity index (χ4v) is 4.54. The van der Waals surface area contributed by atoms with Gasteiger partial charge in [0.2, 0.25) is 17.7 Å². The average Bonchev–Trinajstić information content (AvgIpc) is 3.15. The number of fused-ring (bicyclic) bond motifs is 2.